The molecule has 0 spiro atoms. The van der Waals surface area contributed by atoms with Gasteiger partial charge in [0, 0.05) is 5.02 Å². The number of hydrogen-bond acceptors (Lipinski definition) is 2. The van der Waals surface area contributed by atoms with E-state index in [1.54, 1.807) is 11.8 Å². The molecule has 2 nitrogen and oxygen atoms in total. The molecule has 2 atom stereocenters. The third-order valence-electron chi connectivity index (χ3n) is 2.13. The first-order valence-electron chi connectivity index (χ1n) is 4.38. The number of hydrogen-bond donors (Lipinski definition) is 1. The Morgan fingerprint density at radius 2 is 2.29 bits per heavy atom. The summed E-state index contributed by atoms with van der Waals surface area (Å²) in [5.74, 6) is 0.0972. The van der Waals surface area contributed by atoms with E-state index in [-0.39, 0.29) is 16.5 Å². The summed E-state index contributed by atoms with van der Waals surface area (Å²) in [5, 5.41) is 3.70. The van der Waals surface area contributed by atoms with Crippen LogP contribution in [0.1, 0.15) is 17.9 Å². The van der Waals surface area contributed by atoms with E-state index < -0.39 is 0 Å². The molecule has 0 aliphatic carbocycles. The van der Waals surface area contributed by atoms with Crippen LogP contribution in [0.25, 0.3) is 0 Å². The third kappa shape index (κ3) is 1.88. The van der Waals surface area contributed by atoms with E-state index in [0.717, 1.165) is 5.56 Å². The Morgan fingerprint density at radius 3 is 2.86 bits per heavy atom. The van der Waals surface area contributed by atoms with Crippen molar-refractivity contribution in [2.75, 3.05) is 0 Å². The molecule has 1 aromatic rings. The maximum absolute atomic E-state index is 11.3. The highest BCUT2D eigenvalue weighted by Crippen LogP contribution is 2.35. The van der Waals surface area contributed by atoms with Crippen molar-refractivity contribution in [1.82, 2.24) is 5.32 Å². The number of rotatable bonds is 1. The van der Waals surface area contributed by atoms with Crippen LogP contribution in [0.3, 0.4) is 0 Å². The van der Waals surface area contributed by atoms with Crippen LogP contribution in [0.2, 0.25) is 5.02 Å². The minimum atomic E-state index is 0.0268. The van der Waals surface area contributed by atoms with Gasteiger partial charge in [0.15, 0.2) is 0 Å². The smallest absolute Gasteiger partial charge is 0.234 e. The lowest BCUT2D eigenvalue weighted by molar-refractivity contribution is -0.119. The molecule has 1 aromatic carbocycles. The predicted molar refractivity (Wildman–Crippen MR) is 59.4 cm³/mol. The molecule has 2 rings (SSSR count). The zero-order valence-corrected chi connectivity index (χ0v) is 9.23. The van der Waals surface area contributed by atoms with Gasteiger partial charge in [0.05, 0.1) is 5.25 Å². The Hall–Kier alpha value is -0.670. The highest BCUT2D eigenvalue weighted by atomic mass is 35.5. The average Bonchev–Trinajstić information content (AvgIpc) is 2.47. The van der Waals surface area contributed by atoms with Crippen molar-refractivity contribution in [2.24, 2.45) is 0 Å². The second kappa shape index (κ2) is 3.83. The molecule has 1 N–H and O–H groups in total. The third-order valence-corrected chi connectivity index (χ3v) is 3.65. The number of carbonyl (C=O) groups is 1. The molecule has 1 saturated heterocycles. The molecular formula is C10H10ClNOS. The highest BCUT2D eigenvalue weighted by molar-refractivity contribution is 8.01. The van der Waals surface area contributed by atoms with E-state index >= 15 is 0 Å². The van der Waals surface area contributed by atoms with E-state index in [1.165, 1.54) is 0 Å². The number of thioether (sulfide) groups is 1. The van der Waals surface area contributed by atoms with Crippen molar-refractivity contribution < 1.29 is 4.79 Å². The second-order valence-electron chi connectivity index (χ2n) is 3.22. The Balaban J connectivity index is 2.21. The molecule has 1 heterocycles. The van der Waals surface area contributed by atoms with Gasteiger partial charge in [-0.1, -0.05) is 23.7 Å². The Labute approximate surface area is 92.0 Å². The van der Waals surface area contributed by atoms with Gasteiger partial charge in [-0.15, -0.1) is 11.8 Å². The Bertz CT molecular complexity index is 369. The SMILES string of the molecule is C[C@@H]1S[C@@H](c2cccc(Cl)c2)NC1=O. The number of nitrogens with one attached hydrogen (secondary N) is 1. The first kappa shape index (κ1) is 9.87. The lowest BCUT2D eigenvalue weighted by Crippen LogP contribution is -2.22. The summed E-state index contributed by atoms with van der Waals surface area (Å²) in [5.41, 5.74) is 1.06. The van der Waals surface area contributed by atoms with Crippen LogP contribution in [-0.4, -0.2) is 11.2 Å². The Kier molecular flexibility index (Phi) is 2.70. The molecule has 14 heavy (non-hydrogen) atoms. The molecule has 1 fully saturated rings. The summed E-state index contributed by atoms with van der Waals surface area (Å²) in [7, 11) is 0. The molecule has 0 aromatic heterocycles. The predicted octanol–water partition coefficient (Wildman–Crippen LogP) is 2.59. The molecule has 1 aliphatic heterocycles. The molecule has 0 bridgehead atoms. The van der Waals surface area contributed by atoms with Gasteiger partial charge < -0.3 is 5.32 Å². The van der Waals surface area contributed by atoms with Crippen molar-refractivity contribution in [1.29, 1.82) is 0 Å². The van der Waals surface area contributed by atoms with Crippen molar-refractivity contribution in [3.63, 3.8) is 0 Å². The zero-order chi connectivity index (χ0) is 10.1. The van der Waals surface area contributed by atoms with E-state index in [9.17, 15) is 4.79 Å². The van der Waals surface area contributed by atoms with Gasteiger partial charge >= 0.3 is 0 Å². The van der Waals surface area contributed by atoms with Crippen molar-refractivity contribution in [2.45, 2.75) is 17.5 Å². The minimum Gasteiger partial charge on any atom is -0.339 e. The molecule has 74 valence electrons. The summed E-state index contributed by atoms with van der Waals surface area (Å²) in [6.07, 6.45) is 0. The fraction of sp³-hybridized carbons (Fsp3) is 0.300. The molecule has 0 radical (unpaired) electrons. The van der Waals surface area contributed by atoms with Crippen molar-refractivity contribution >= 4 is 29.3 Å². The fourth-order valence-corrected chi connectivity index (χ4v) is 2.66. The van der Waals surface area contributed by atoms with Crippen LogP contribution in [0, 0.1) is 0 Å². The molecule has 1 amide bonds. The van der Waals surface area contributed by atoms with Gasteiger partial charge in [0.2, 0.25) is 5.91 Å². The summed E-state index contributed by atoms with van der Waals surface area (Å²) >= 11 is 7.49. The van der Waals surface area contributed by atoms with Gasteiger partial charge in [-0.2, -0.15) is 0 Å². The normalized spacial score (nSPS) is 26.3. The largest absolute Gasteiger partial charge is 0.339 e. The van der Waals surface area contributed by atoms with Crippen LogP contribution in [0.5, 0.6) is 0 Å². The fourth-order valence-electron chi connectivity index (χ4n) is 1.38. The van der Waals surface area contributed by atoms with Gasteiger partial charge in [-0.3, -0.25) is 4.79 Å². The van der Waals surface area contributed by atoms with E-state index in [0.29, 0.717) is 5.02 Å². The summed E-state index contributed by atoms with van der Waals surface area (Å²) in [6.45, 7) is 1.91. The standard InChI is InChI=1S/C10H10ClNOS/c1-6-9(13)12-10(14-6)7-3-2-4-8(11)5-7/h2-6,10H,1H3,(H,12,13)/t6-,10-/m0/s1. The number of benzene rings is 1. The van der Waals surface area contributed by atoms with Gasteiger partial charge in [0.1, 0.15) is 5.37 Å². The zero-order valence-electron chi connectivity index (χ0n) is 7.66. The first-order valence-corrected chi connectivity index (χ1v) is 5.70. The lowest BCUT2D eigenvalue weighted by atomic mass is 10.2. The van der Waals surface area contributed by atoms with Gasteiger partial charge in [-0.25, -0.2) is 0 Å². The summed E-state index contributed by atoms with van der Waals surface area (Å²) in [6, 6.07) is 7.59. The lowest BCUT2D eigenvalue weighted by Gasteiger charge is -2.09. The van der Waals surface area contributed by atoms with Gasteiger partial charge in [0.25, 0.3) is 0 Å². The molecule has 4 heteroatoms. The van der Waals surface area contributed by atoms with E-state index in [2.05, 4.69) is 5.32 Å². The summed E-state index contributed by atoms with van der Waals surface area (Å²) < 4.78 is 0. The second-order valence-corrected chi connectivity index (χ2v) is 5.11. The van der Waals surface area contributed by atoms with Crippen LogP contribution in [0.4, 0.5) is 0 Å². The highest BCUT2D eigenvalue weighted by Gasteiger charge is 2.29. The number of amides is 1. The minimum absolute atomic E-state index is 0.0268. The first-order chi connectivity index (χ1) is 6.66. The van der Waals surface area contributed by atoms with Crippen LogP contribution < -0.4 is 5.32 Å². The Morgan fingerprint density at radius 1 is 1.50 bits per heavy atom. The number of carbonyl (C=O) groups excluding carboxylic acids is 1. The number of halogens is 1. The van der Waals surface area contributed by atoms with Crippen molar-refractivity contribution in [3.05, 3.63) is 34.9 Å². The van der Waals surface area contributed by atoms with Crippen LogP contribution in [0.15, 0.2) is 24.3 Å². The molecule has 0 saturated carbocycles. The quantitative estimate of drug-likeness (QED) is 0.799. The van der Waals surface area contributed by atoms with Crippen LogP contribution >= 0.6 is 23.4 Å². The van der Waals surface area contributed by atoms with Crippen molar-refractivity contribution in [3.8, 4) is 0 Å². The topological polar surface area (TPSA) is 29.1 Å². The van der Waals surface area contributed by atoms with Crippen LogP contribution in [-0.2, 0) is 4.79 Å². The van der Waals surface area contributed by atoms with E-state index in [4.69, 9.17) is 11.6 Å². The average molecular weight is 228 g/mol. The molecule has 0 unspecified atom stereocenters. The molecule has 1 aliphatic rings. The monoisotopic (exact) mass is 227 g/mol. The maximum atomic E-state index is 11.3. The summed E-state index contributed by atoms with van der Waals surface area (Å²) in [4.78, 5) is 11.3. The maximum Gasteiger partial charge on any atom is 0.234 e. The molecular weight excluding hydrogens is 218 g/mol. The van der Waals surface area contributed by atoms with E-state index in [1.807, 2.05) is 31.2 Å². The van der Waals surface area contributed by atoms with Gasteiger partial charge in [-0.05, 0) is 24.6 Å².